The van der Waals surface area contributed by atoms with Crippen LogP contribution in [-0.4, -0.2) is 41.1 Å². The van der Waals surface area contributed by atoms with Crippen LogP contribution in [0.4, 0.5) is 10.7 Å². The van der Waals surface area contributed by atoms with Crippen molar-refractivity contribution in [1.82, 2.24) is 29.9 Å². The molecular weight excluding hydrogens is 250 g/mol. The molecule has 0 bridgehead atoms. The normalized spacial score (nSPS) is 9.47. The van der Waals surface area contributed by atoms with E-state index in [1.807, 2.05) is 5.32 Å². The van der Waals surface area contributed by atoms with E-state index in [4.69, 9.17) is 5.11 Å². The maximum absolute atomic E-state index is 10.2. The molecule has 19 heavy (non-hydrogen) atoms. The lowest BCUT2D eigenvalue weighted by Crippen LogP contribution is -2.10. The van der Waals surface area contributed by atoms with Crippen LogP contribution in [0.2, 0.25) is 0 Å². The fraction of sp³-hybridized carbons (Fsp3) is 0. The number of anilines is 1. The molecule has 0 atom stereocenters. The number of aromatic nitrogens is 6. The van der Waals surface area contributed by atoms with E-state index in [1.54, 1.807) is 18.5 Å². The van der Waals surface area contributed by atoms with E-state index in [0.29, 0.717) is 11.2 Å². The van der Waals surface area contributed by atoms with E-state index in [1.165, 1.54) is 18.9 Å². The highest BCUT2D eigenvalue weighted by atomic mass is 16.4. The van der Waals surface area contributed by atoms with E-state index in [0.717, 1.165) is 0 Å². The summed E-state index contributed by atoms with van der Waals surface area (Å²) in [5, 5.41) is 10.4. The first-order valence-corrected chi connectivity index (χ1v) is 5.12. The Morgan fingerprint density at radius 3 is 2.63 bits per heavy atom. The molecule has 0 aromatic carbocycles. The Labute approximate surface area is 106 Å². The first kappa shape index (κ1) is 12.4. The van der Waals surface area contributed by atoms with Crippen molar-refractivity contribution < 1.29 is 9.90 Å². The lowest BCUT2D eigenvalue weighted by molar-refractivity contribution is 0.209. The zero-order chi connectivity index (χ0) is 13.5. The molecule has 3 aromatic heterocycles. The van der Waals surface area contributed by atoms with E-state index in [-0.39, 0.29) is 5.95 Å². The molecule has 0 aliphatic carbocycles. The van der Waals surface area contributed by atoms with Crippen LogP contribution in [0.5, 0.6) is 0 Å². The number of H-pyrrole nitrogens is 1. The second kappa shape index (κ2) is 6.00. The van der Waals surface area contributed by atoms with Crippen LogP contribution in [0, 0.1) is 0 Å². The lowest BCUT2D eigenvalue weighted by Gasteiger charge is -1.96. The van der Waals surface area contributed by atoms with E-state index in [2.05, 4.69) is 29.9 Å². The minimum atomic E-state index is -1.20. The SMILES string of the molecule is O=C(O)Nc1ncc2[nH]cnc2n1.c1cncnc1. The van der Waals surface area contributed by atoms with Gasteiger partial charge in [-0.2, -0.15) is 4.98 Å². The topological polar surface area (TPSA) is 130 Å². The third kappa shape index (κ3) is 3.70. The largest absolute Gasteiger partial charge is 0.465 e. The summed E-state index contributed by atoms with van der Waals surface area (Å²) in [7, 11) is 0. The molecule has 1 amide bonds. The van der Waals surface area contributed by atoms with Crippen molar-refractivity contribution in [2.75, 3.05) is 5.32 Å². The smallest absolute Gasteiger partial charge is 0.411 e. The van der Waals surface area contributed by atoms with Crippen molar-refractivity contribution in [1.29, 1.82) is 0 Å². The highest BCUT2D eigenvalue weighted by Gasteiger charge is 2.03. The minimum Gasteiger partial charge on any atom is -0.465 e. The summed E-state index contributed by atoms with van der Waals surface area (Å²) < 4.78 is 0. The van der Waals surface area contributed by atoms with Crippen molar-refractivity contribution >= 4 is 23.2 Å². The third-order valence-corrected chi connectivity index (χ3v) is 1.87. The molecule has 0 radical (unpaired) electrons. The number of carbonyl (C=O) groups is 1. The average Bonchev–Trinajstić information content (AvgIpc) is 2.88. The van der Waals surface area contributed by atoms with Crippen molar-refractivity contribution in [3.63, 3.8) is 0 Å². The molecule has 3 aromatic rings. The maximum Gasteiger partial charge on any atom is 0.411 e. The molecule has 0 saturated heterocycles. The average molecular weight is 259 g/mol. The van der Waals surface area contributed by atoms with Gasteiger partial charge in [0.25, 0.3) is 0 Å². The van der Waals surface area contributed by atoms with Gasteiger partial charge in [0.1, 0.15) is 11.8 Å². The predicted octanol–water partition coefficient (Wildman–Crippen LogP) is 0.919. The molecule has 0 saturated carbocycles. The number of fused-ring (bicyclic) bond motifs is 1. The summed E-state index contributed by atoms with van der Waals surface area (Å²) in [6.07, 6.45) is 6.60. The Morgan fingerprint density at radius 2 is 2.05 bits per heavy atom. The van der Waals surface area contributed by atoms with Gasteiger partial charge < -0.3 is 10.1 Å². The number of hydrogen-bond donors (Lipinski definition) is 3. The van der Waals surface area contributed by atoms with E-state index < -0.39 is 6.09 Å². The number of imidazole rings is 1. The van der Waals surface area contributed by atoms with Gasteiger partial charge in [0.05, 0.1) is 12.5 Å². The quantitative estimate of drug-likeness (QED) is 0.592. The summed E-state index contributed by atoms with van der Waals surface area (Å²) >= 11 is 0. The zero-order valence-electron chi connectivity index (χ0n) is 9.56. The number of rotatable bonds is 1. The molecule has 96 valence electrons. The number of nitrogens with one attached hydrogen (secondary N) is 2. The van der Waals surface area contributed by atoms with Crippen LogP contribution in [-0.2, 0) is 0 Å². The number of hydrogen-bond acceptors (Lipinski definition) is 6. The Morgan fingerprint density at radius 1 is 1.26 bits per heavy atom. The molecule has 3 heterocycles. The molecule has 0 aliphatic rings. The summed E-state index contributed by atoms with van der Waals surface area (Å²) in [6, 6.07) is 1.78. The van der Waals surface area contributed by atoms with Gasteiger partial charge in [-0.25, -0.2) is 24.7 Å². The lowest BCUT2D eigenvalue weighted by atomic mass is 10.6. The standard InChI is InChI=1S/C6H5N5O2.C4H4N2/c12-6(13)11-5-7-1-3-4(10-5)9-2-8-3;1-2-5-4-6-3-1/h1-2H,(H,12,13)(H2,7,8,9,10,11);1-4H. The van der Waals surface area contributed by atoms with Gasteiger partial charge in [-0.05, 0) is 6.07 Å². The molecular formula is C10H9N7O2. The van der Waals surface area contributed by atoms with Crippen LogP contribution < -0.4 is 5.32 Å². The molecule has 0 aliphatic heterocycles. The molecule has 0 fully saturated rings. The van der Waals surface area contributed by atoms with E-state index >= 15 is 0 Å². The van der Waals surface area contributed by atoms with Crippen LogP contribution in [0.1, 0.15) is 0 Å². The van der Waals surface area contributed by atoms with Crippen molar-refractivity contribution in [2.45, 2.75) is 0 Å². The Kier molecular flexibility index (Phi) is 3.90. The van der Waals surface area contributed by atoms with Gasteiger partial charge in [0.15, 0.2) is 5.65 Å². The Balaban J connectivity index is 0.000000186. The fourth-order valence-electron chi connectivity index (χ4n) is 1.15. The number of nitrogens with zero attached hydrogens (tertiary/aromatic N) is 5. The Hall–Kier alpha value is -3.10. The second-order valence-electron chi connectivity index (χ2n) is 3.17. The number of aromatic amines is 1. The Bertz CT molecular complexity index is 628. The van der Waals surface area contributed by atoms with Crippen molar-refractivity contribution in [3.05, 3.63) is 37.3 Å². The highest BCUT2D eigenvalue weighted by Crippen LogP contribution is 2.06. The fourth-order valence-corrected chi connectivity index (χ4v) is 1.15. The van der Waals surface area contributed by atoms with Crippen LogP contribution in [0.25, 0.3) is 11.2 Å². The van der Waals surface area contributed by atoms with Gasteiger partial charge in [-0.15, -0.1) is 0 Å². The van der Waals surface area contributed by atoms with Gasteiger partial charge in [-0.3, -0.25) is 5.32 Å². The summed E-state index contributed by atoms with van der Waals surface area (Å²) in [5.41, 5.74) is 1.09. The summed E-state index contributed by atoms with van der Waals surface area (Å²) in [5.74, 6) is 0.0205. The first-order chi connectivity index (χ1) is 9.25. The third-order valence-electron chi connectivity index (χ3n) is 1.87. The first-order valence-electron chi connectivity index (χ1n) is 5.12. The molecule has 0 unspecified atom stereocenters. The van der Waals surface area contributed by atoms with Crippen LogP contribution in [0.3, 0.4) is 0 Å². The van der Waals surface area contributed by atoms with Crippen molar-refractivity contribution in [2.24, 2.45) is 0 Å². The van der Waals surface area contributed by atoms with Gasteiger partial charge >= 0.3 is 6.09 Å². The van der Waals surface area contributed by atoms with Gasteiger partial charge in [0.2, 0.25) is 5.95 Å². The summed E-state index contributed by atoms with van der Waals surface area (Å²) in [4.78, 5) is 31.8. The maximum atomic E-state index is 10.2. The van der Waals surface area contributed by atoms with Crippen LogP contribution >= 0.6 is 0 Å². The number of carboxylic acid groups (broad SMARTS) is 1. The molecule has 9 heteroatoms. The zero-order valence-corrected chi connectivity index (χ0v) is 9.56. The monoisotopic (exact) mass is 259 g/mol. The second-order valence-corrected chi connectivity index (χ2v) is 3.17. The molecule has 3 rings (SSSR count). The van der Waals surface area contributed by atoms with Gasteiger partial charge in [0, 0.05) is 12.4 Å². The van der Waals surface area contributed by atoms with Gasteiger partial charge in [-0.1, -0.05) is 0 Å². The van der Waals surface area contributed by atoms with Crippen molar-refractivity contribution in [3.8, 4) is 0 Å². The number of amides is 1. The van der Waals surface area contributed by atoms with E-state index in [9.17, 15) is 4.79 Å². The molecule has 3 N–H and O–H groups in total. The highest BCUT2D eigenvalue weighted by molar-refractivity contribution is 5.81. The molecule has 0 spiro atoms. The molecule has 9 nitrogen and oxygen atoms in total. The predicted molar refractivity (Wildman–Crippen MR) is 65.4 cm³/mol. The summed E-state index contributed by atoms with van der Waals surface area (Å²) in [6.45, 7) is 0. The minimum absolute atomic E-state index is 0.0205. The van der Waals surface area contributed by atoms with Crippen LogP contribution in [0.15, 0.2) is 37.3 Å².